The van der Waals surface area contributed by atoms with Crippen LogP contribution >= 0.6 is 0 Å². The SMILES string of the molecule is c1cc(-c2ccc3ccccc3c2)cc(N(c2ccc3oc4ccncc4c3c2)c2ccc3oc4ccncc4c3c2)c1. The third-order valence-electron chi connectivity index (χ3n) is 8.21. The predicted molar refractivity (Wildman–Crippen MR) is 174 cm³/mol. The van der Waals surface area contributed by atoms with Gasteiger partial charge in [0.1, 0.15) is 22.3 Å². The molecular weight excluding hydrogens is 530 g/mol. The Morgan fingerprint density at radius 1 is 0.419 bits per heavy atom. The van der Waals surface area contributed by atoms with E-state index in [1.165, 1.54) is 16.3 Å². The summed E-state index contributed by atoms with van der Waals surface area (Å²) in [5.41, 5.74) is 8.70. The van der Waals surface area contributed by atoms with E-state index in [-0.39, 0.29) is 0 Å². The molecule has 0 aliphatic carbocycles. The van der Waals surface area contributed by atoms with Crippen LogP contribution in [0.5, 0.6) is 0 Å². The molecule has 0 fully saturated rings. The van der Waals surface area contributed by atoms with Crippen LogP contribution < -0.4 is 4.90 Å². The number of benzene rings is 5. The lowest BCUT2D eigenvalue weighted by molar-refractivity contribution is 0.668. The molecule has 5 heteroatoms. The zero-order chi connectivity index (χ0) is 28.3. The zero-order valence-corrected chi connectivity index (χ0v) is 22.9. The first-order valence-corrected chi connectivity index (χ1v) is 14.2. The van der Waals surface area contributed by atoms with E-state index >= 15 is 0 Å². The lowest BCUT2D eigenvalue weighted by Gasteiger charge is -2.26. The maximum Gasteiger partial charge on any atom is 0.138 e. The second-order valence-electron chi connectivity index (χ2n) is 10.8. The van der Waals surface area contributed by atoms with Crippen LogP contribution in [0.4, 0.5) is 17.1 Å². The lowest BCUT2D eigenvalue weighted by Crippen LogP contribution is -2.10. The fraction of sp³-hybridized carbons (Fsp3) is 0. The molecule has 0 aliphatic heterocycles. The Hall–Kier alpha value is -5.94. The third-order valence-corrected chi connectivity index (χ3v) is 8.21. The maximum atomic E-state index is 6.13. The van der Waals surface area contributed by atoms with Gasteiger partial charge in [-0.15, -0.1) is 0 Å². The summed E-state index contributed by atoms with van der Waals surface area (Å²) in [6.45, 7) is 0. The average Bonchev–Trinajstić information content (AvgIpc) is 3.63. The van der Waals surface area contributed by atoms with Crippen molar-refractivity contribution in [2.45, 2.75) is 0 Å². The van der Waals surface area contributed by atoms with Crippen molar-refractivity contribution in [1.29, 1.82) is 0 Å². The van der Waals surface area contributed by atoms with Gasteiger partial charge in [-0.3, -0.25) is 9.97 Å². The Balaban J connectivity index is 1.26. The zero-order valence-electron chi connectivity index (χ0n) is 22.9. The average molecular weight is 554 g/mol. The summed E-state index contributed by atoms with van der Waals surface area (Å²) in [4.78, 5) is 11.0. The van der Waals surface area contributed by atoms with Crippen LogP contribution in [0.15, 0.2) is 149 Å². The number of furan rings is 2. The second kappa shape index (κ2) is 9.29. The molecule has 43 heavy (non-hydrogen) atoms. The van der Waals surface area contributed by atoms with Crippen LogP contribution in [0.3, 0.4) is 0 Å². The summed E-state index contributed by atoms with van der Waals surface area (Å²) >= 11 is 0. The van der Waals surface area contributed by atoms with Crippen molar-refractivity contribution >= 4 is 71.7 Å². The number of hydrogen-bond donors (Lipinski definition) is 0. The summed E-state index contributed by atoms with van der Waals surface area (Å²) in [7, 11) is 0. The highest BCUT2D eigenvalue weighted by atomic mass is 16.3. The van der Waals surface area contributed by atoms with Crippen molar-refractivity contribution in [2.75, 3.05) is 4.90 Å². The molecule has 0 atom stereocenters. The van der Waals surface area contributed by atoms with Gasteiger partial charge in [-0.2, -0.15) is 0 Å². The topological polar surface area (TPSA) is 55.3 Å². The smallest absolute Gasteiger partial charge is 0.138 e. The molecule has 0 amide bonds. The first-order chi connectivity index (χ1) is 21.3. The first kappa shape index (κ1) is 23.7. The molecule has 5 nitrogen and oxygen atoms in total. The van der Waals surface area contributed by atoms with E-state index in [4.69, 9.17) is 8.83 Å². The van der Waals surface area contributed by atoms with Crippen molar-refractivity contribution in [2.24, 2.45) is 0 Å². The third kappa shape index (κ3) is 3.86. The Bertz CT molecular complexity index is 2380. The fourth-order valence-electron chi connectivity index (χ4n) is 6.14. The molecule has 4 heterocycles. The monoisotopic (exact) mass is 553 g/mol. The van der Waals surface area contributed by atoms with E-state index in [0.717, 1.165) is 66.5 Å². The molecule has 0 bridgehead atoms. The maximum absolute atomic E-state index is 6.13. The molecule has 0 aliphatic rings. The van der Waals surface area contributed by atoms with Crippen molar-refractivity contribution in [3.63, 3.8) is 0 Å². The van der Waals surface area contributed by atoms with E-state index < -0.39 is 0 Å². The molecule has 0 saturated carbocycles. The van der Waals surface area contributed by atoms with Gasteiger partial charge in [0.05, 0.1) is 0 Å². The highest BCUT2D eigenvalue weighted by Crippen LogP contribution is 2.41. The Morgan fingerprint density at radius 3 is 1.67 bits per heavy atom. The van der Waals surface area contributed by atoms with E-state index in [1.807, 2.05) is 36.7 Å². The minimum atomic E-state index is 0.825. The van der Waals surface area contributed by atoms with E-state index in [2.05, 4.69) is 106 Å². The minimum absolute atomic E-state index is 0.825. The Kier molecular flexibility index (Phi) is 5.13. The van der Waals surface area contributed by atoms with Crippen molar-refractivity contribution in [3.05, 3.63) is 140 Å². The highest BCUT2D eigenvalue weighted by Gasteiger charge is 2.18. The van der Waals surface area contributed by atoms with Crippen LogP contribution in [-0.4, -0.2) is 9.97 Å². The number of pyridine rings is 2. The van der Waals surface area contributed by atoms with Crippen LogP contribution in [-0.2, 0) is 0 Å². The van der Waals surface area contributed by atoms with Gasteiger partial charge in [0.2, 0.25) is 0 Å². The largest absolute Gasteiger partial charge is 0.456 e. The summed E-state index contributed by atoms with van der Waals surface area (Å²) in [6.07, 6.45) is 7.25. The number of aromatic nitrogens is 2. The molecule has 0 unspecified atom stereocenters. The fourth-order valence-corrected chi connectivity index (χ4v) is 6.14. The van der Waals surface area contributed by atoms with Gasteiger partial charge in [0, 0.05) is 63.4 Å². The van der Waals surface area contributed by atoms with Gasteiger partial charge in [-0.25, -0.2) is 0 Å². The lowest BCUT2D eigenvalue weighted by atomic mass is 10.0. The molecule has 0 spiro atoms. The summed E-state index contributed by atoms with van der Waals surface area (Å²) < 4.78 is 12.3. The number of fused-ring (bicyclic) bond motifs is 7. The van der Waals surface area contributed by atoms with Gasteiger partial charge in [0.15, 0.2) is 0 Å². The van der Waals surface area contributed by atoms with Gasteiger partial charge in [-0.05, 0) is 88.6 Å². The normalized spacial score (nSPS) is 11.7. The van der Waals surface area contributed by atoms with Gasteiger partial charge in [0.25, 0.3) is 0 Å². The van der Waals surface area contributed by atoms with Crippen LogP contribution in [0, 0.1) is 0 Å². The summed E-state index contributed by atoms with van der Waals surface area (Å²) in [5.74, 6) is 0. The molecule has 9 aromatic rings. The quantitative estimate of drug-likeness (QED) is 0.217. The number of hydrogen-bond acceptors (Lipinski definition) is 5. The van der Waals surface area contributed by atoms with Gasteiger partial charge < -0.3 is 13.7 Å². The van der Waals surface area contributed by atoms with Crippen molar-refractivity contribution in [3.8, 4) is 11.1 Å². The Morgan fingerprint density at radius 2 is 1.00 bits per heavy atom. The molecule has 4 aromatic heterocycles. The van der Waals surface area contributed by atoms with E-state index in [0.29, 0.717) is 0 Å². The molecule has 9 rings (SSSR count). The van der Waals surface area contributed by atoms with Crippen molar-refractivity contribution < 1.29 is 8.83 Å². The number of anilines is 3. The molecular formula is C38H23N3O2. The molecule has 5 aromatic carbocycles. The Labute approximate surface area is 246 Å². The number of nitrogens with zero attached hydrogens (tertiary/aromatic N) is 3. The molecule has 0 radical (unpaired) electrons. The standard InChI is InChI=1S/C38H23N3O2/c1-2-5-25-18-27(9-8-24(25)4-1)26-6-3-7-28(19-26)41(29-10-12-35-31(20-29)33-22-39-16-14-37(33)42-35)30-11-13-36-32(21-30)34-23-40-17-15-38(34)43-36/h1-23H. The number of rotatable bonds is 4. The van der Waals surface area contributed by atoms with Crippen LogP contribution in [0.1, 0.15) is 0 Å². The first-order valence-electron chi connectivity index (χ1n) is 14.2. The summed E-state index contributed by atoms with van der Waals surface area (Å²) in [6, 6.07) is 40.3. The van der Waals surface area contributed by atoms with Crippen LogP contribution in [0.2, 0.25) is 0 Å². The van der Waals surface area contributed by atoms with Crippen LogP contribution in [0.25, 0.3) is 65.8 Å². The second-order valence-corrected chi connectivity index (χ2v) is 10.8. The van der Waals surface area contributed by atoms with E-state index in [1.54, 1.807) is 12.4 Å². The molecule has 0 N–H and O–H groups in total. The highest BCUT2D eigenvalue weighted by molar-refractivity contribution is 6.08. The summed E-state index contributed by atoms with van der Waals surface area (Å²) in [5, 5.41) is 6.48. The van der Waals surface area contributed by atoms with Gasteiger partial charge in [-0.1, -0.05) is 48.5 Å². The van der Waals surface area contributed by atoms with E-state index in [9.17, 15) is 0 Å². The van der Waals surface area contributed by atoms with Gasteiger partial charge >= 0.3 is 0 Å². The molecule has 0 saturated heterocycles. The van der Waals surface area contributed by atoms with Crippen molar-refractivity contribution in [1.82, 2.24) is 9.97 Å². The minimum Gasteiger partial charge on any atom is -0.456 e. The molecule has 202 valence electrons. The predicted octanol–water partition coefficient (Wildman–Crippen LogP) is 10.6.